The number of nitrogens with zero attached hydrogens (tertiary/aromatic N) is 1. The lowest BCUT2D eigenvalue weighted by atomic mass is 9.99. The number of carboxylic acids is 1. The second-order valence-electron chi connectivity index (χ2n) is 4.73. The van der Waals surface area contributed by atoms with E-state index in [1.807, 2.05) is 51.1 Å². The molecule has 0 radical (unpaired) electrons. The van der Waals surface area contributed by atoms with Crippen LogP contribution in [0, 0.1) is 5.92 Å². The summed E-state index contributed by atoms with van der Waals surface area (Å²) in [5, 5.41) is 11.8. The first-order valence-corrected chi connectivity index (χ1v) is 6.87. The van der Waals surface area contributed by atoms with E-state index in [1.165, 1.54) is 4.90 Å². The van der Waals surface area contributed by atoms with Crippen LogP contribution in [-0.2, 0) is 4.79 Å². The number of carbonyl (C=O) groups excluding carboxylic acids is 1. The first kappa shape index (κ1) is 16.0. The van der Waals surface area contributed by atoms with E-state index >= 15 is 0 Å². The Bertz CT molecular complexity index is 448. The Kier molecular flexibility index (Phi) is 6.03. The van der Waals surface area contributed by atoms with Gasteiger partial charge in [-0.15, -0.1) is 0 Å². The second kappa shape index (κ2) is 7.53. The van der Waals surface area contributed by atoms with Crippen molar-refractivity contribution in [3.63, 3.8) is 0 Å². The summed E-state index contributed by atoms with van der Waals surface area (Å²) in [6.45, 7) is 6.05. The van der Waals surface area contributed by atoms with Crippen LogP contribution < -0.4 is 10.2 Å². The van der Waals surface area contributed by atoms with Gasteiger partial charge in [-0.05, 0) is 25.0 Å². The molecule has 2 amide bonds. The molecule has 110 valence electrons. The van der Waals surface area contributed by atoms with Gasteiger partial charge in [-0.1, -0.05) is 38.5 Å². The molecule has 5 heteroatoms. The number of nitrogens with one attached hydrogen (secondary N) is 1. The predicted molar refractivity (Wildman–Crippen MR) is 78.9 cm³/mol. The number of hydrogen-bond donors (Lipinski definition) is 2. The van der Waals surface area contributed by atoms with E-state index in [1.54, 1.807) is 0 Å². The molecule has 0 saturated heterocycles. The van der Waals surface area contributed by atoms with E-state index in [2.05, 4.69) is 5.32 Å². The highest BCUT2D eigenvalue weighted by Gasteiger charge is 2.27. The molecule has 5 nitrogen and oxygen atoms in total. The van der Waals surface area contributed by atoms with Gasteiger partial charge in [0.15, 0.2) is 0 Å². The lowest BCUT2D eigenvalue weighted by Gasteiger charge is -2.26. The molecule has 2 N–H and O–H groups in total. The fraction of sp³-hybridized carbons (Fsp3) is 0.467. The third-order valence-corrected chi connectivity index (χ3v) is 3.39. The predicted octanol–water partition coefficient (Wildman–Crippen LogP) is 2.72. The topological polar surface area (TPSA) is 69.6 Å². The lowest BCUT2D eigenvalue weighted by Crippen LogP contribution is -2.50. The molecule has 0 fully saturated rings. The molecule has 0 spiro atoms. The minimum atomic E-state index is -1.00. The first-order valence-electron chi connectivity index (χ1n) is 6.87. The maximum atomic E-state index is 12.3. The standard InChI is InChI=1S/C15H22N2O3/c1-4-11(3)13(14(18)19)16-15(20)17(5-2)12-9-7-6-8-10-12/h6-11,13H,4-5H2,1-3H3,(H,16,20)(H,18,19)/t11?,13-/m1/s1. The van der Waals surface area contributed by atoms with Gasteiger partial charge in [0.1, 0.15) is 6.04 Å². The van der Waals surface area contributed by atoms with Crippen LogP contribution in [0.5, 0.6) is 0 Å². The molecule has 0 bridgehead atoms. The van der Waals surface area contributed by atoms with E-state index in [0.717, 1.165) is 5.69 Å². The maximum absolute atomic E-state index is 12.3. The molecule has 20 heavy (non-hydrogen) atoms. The van der Waals surface area contributed by atoms with Crippen molar-refractivity contribution in [1.29, 1.82) is 0 Å². The molecule has 0 aliphatic carbocycles. The average molecular weight is 278 g/mol. The zero-order valence-electron chi connectivity index (χ0n) is 12.2. The Labute approximate surface area is 119 Å². The number of anilines is 1. The molecule has 0 aromatic heterocycles. The Hall–Kier alpha value is -2.04. The van der Waals surface area contributed by atoms with Gasteiger partial charge in [0.2, 0.25) is 0 Å². The van der Waals surface area contributed by atoms with Crippen molar-refractivity contribution in [2.45, 2.75) is 33.2 Å². The molecule has 1 aromatic carbocycles. The van der Waals surface area contributed by atoms with Gasteiger partial charge in [-0.3, -0.25) is 4.90 Å². The summed E-state index contributed by atoms with van der Waals surface area (Å²) in [5.74, 6) is -1.12. The van der Waals surface area contributed by atoms with Crippen LogP contribution in [0.25, 0.3) is 0 Å². The van der Waals surface area contributed by atoms with Crippen LogP contribution in [0.4, 0.5) is 10.5 Å². The van der Waals surface area contributed by atoms with Crippen LogP contribution in [0.15, 0.2) is 30.3 Å². The molecule has 0 heterocycles. The van der Waals surface area contributed by atoms with Crippen LogP contribution in [0.1, 0.15) is 27.2 Å². The molecule has 1 unspecified atom stereocenters. The molecular weight excluding hydrogens is 256 g/mol. The number of amides is 2. The highest BCUT2D eigenvalue weighted by atomic mass is 16.4. The van der Waals surface area contributed by atoms with E-state index in [0.29, 0.717) is 13.0 Å². The van der Waals surface area contributed by atoms with Crippen LogP contribution in [0.3, 0.4) is 0 Å². The fourth-order valence-corrected chi connectivity index (χ4v) is 1.95. The normalized spacial score (nSPS) is 13.3. The van der Waals surface area contributed by atoms with Gasteiger partial charge in [-0.25, -0.2) is 9.59 Å². The van der Waals surface area contributed by atoms with Gasteiger partial charge in [0.25, 0.3) is 0 Å². The highest BCUT2D eigenvalue weighted by molar-refractivity contribution is 5.94. The van der Waals surface area contributed by atoms with Crippen LogP contribution in [-0.4, -0.2) is 29.7 Å². The zero-order valence-corrected chi connectivity index (χ0v) is 12.2. The third kappa shape index (κ3) is 3.98. The van der Waals surface area contributed by atoms with Crippen molar-refractivity contribution in [1.82, 2.24) is 5.32 Å². The molecule has 0 saturated carbocycles. The van der Waals surface area contributed by atoms with Gasteiger partial charge in [0.05, 0.1) is 0 Å². The van der Waals surface area contributed by atoms with Crippen molar-refractivity contribution in [3.05, 3.63) is 30.3 Å². The first-order chi connectivity index (χ1) is 9.51. The molecule has 0 aliphatic heterocycles. The van der Waals surface area contributed by atoms with Crippen molar-refractivity contribution in [2.75, 3.05) is 11.4 Å². The quantitative estimate of drug-likeness (QED) is 0.840. The zero-order chi connectivity index (χ0) is 15.1. The smallest absolute Gasteiger partial charge is 0.326 e. The van der Waals surface area contributed by atoms with E-state index in [4.69, 9.17) is 0 Å². The maximum Gasteiger partial charge on any atom is 0.326 e. The molecular formula is C15H22N2O3. The summed E-state index contributed by atoms with van der Waals surface area (Å²) >= 11 is 0. The largest absolute Gasteiger partial charge is 0.480 e. The minimum Gasteiger partial charge on any atom is -0.480 e. The monoisotopic (exact) mass is 278 g/mol. The van der Waals surface area contributed by atoms with Gasteiger partial charge < -0.3 is 10.4 Å². The molecule has 2 atom stereocenters. The van der Waals surface area contributed by atoms with Crippen molar-refractivity contribution in [2.24, 2.45) is 5.92 Å². The molecule has 0 aliphatic rings. The Morgan fingerprint density at radius 2 is 1.85 bits per heavy atom. The lowest BCUT2D eigenvalue weighted by molar-refractivity contribution is -0.140. The molecule has 1 aromatic rings. The summed E-state index contributed by atoms with van der Waals surface area (Å²) in [6.07, 6.45) is 0.689. The van der Waals surface area contributed by atoms with Crippen molar-refractivity contribution in [3.8, 4) is 0 Å². The fourth-order valence-electron chi connectivity index (χ4n) is 1.95. The average Bonchev–Trinajstić information content (AvgIpc) is 2.45. The molecule has 1 rings (SSSR count). The number of aliphatic carboxylic acids is 1. The number of carboxylic acid groups (broad SMARTS) is 1. The van der Waals surface area contributed by atoms with E-state index < -0.39 is 12.0 Å². The van der Waals surface area contributed by atoms with Crippen molar-refractivity contribution >= 4 is 17.7 Å². The number of para-hydroxylation sites is 1. The number of hydrogen-bond acceptors (Lipinski definition) is 2. The highest BCUT2D eigenvalue weighted by Crippen LogP contribution is 2.14. The number of carbonyl (C=O) groups is 2. The number of rotatable bonds is 6. The Morgan fingerprint density at radius 3 is 2.30 bits per heavy atom. The second-order valence-corrected chi connectivity index (χ2v) is 4.73. The number of urea groups is 1. The third-order valence-electron chi connectivity index (χ3n) is 3.39. The van der Waals surface area contributed by atoms with Gasteiger partial charge >= 0.3 is 12.0 Å². The van der Waals surface area contributed by atoms with E-state index in [9.17, 15) is 14.7 Å². The summed E-state index contributed by atoms with van der Waals surface area (Å²) in [5.41, 5.74) is 0.751. The Morgan fingerprint density at radius 1 is 1.25 bits per heavy atom. The Balaban J connectivity index is 2.84. The summed E-state index contributed by atoms with van der Waals surface area (Å²) in [6, 6.07) is 7.94. The summed E-state index contributed by atoms with van der Waals surface area (Å²) < 4.78 is 0. The number of benzene rings is 1. The minimum absolute atomic E-state index is 0.120. The van der Waals surface area contributed by atoms with E-state index in [-0.39, 0.29) is 11.9 Å². The van der Waals surface area contributed by atoms with Crippen LogP contribution >= 0.6 is 0 Å². The summed E-state index contributed by atoms with van der Waals surface area (Å²) in [4.78, 5) is 25.0. The van der Waals surface area contributed by atoms with Gasteiger partial charge in [0, 0.05) is 12.2 Å². The van der Waals surface area contributed by atoms with Crippen molar-refractivity contribution < 1.29 is 14.7 Å². The SMILES string of the molecule is CCC(C)[C@@H](NC(=O)N(CC)c1ccccc1)C(=O)O. The van der Waals surface area contributed by atoms with Gasteiger partial charge in [-0.2, -0.15) is 0 Å². The summed E-state index contributed by atoms with van der Waals surface area (Å²) in [7, 11) is 0. The van der Waals surface area contributed by atoms with Crippen LogP contribution in [0.2, 0.25) is 0 Å².